The second-order valence-corrected chi connectivity index (χ2v) is 8.06. The Labute approximate surface area is 184 Å². The molecule has 5 heteroatoms. The highest BCUT2D eigenvalue weighted by molar-refractivity contribution is 9.10. The molecule has 1 amide bonds. The zero-order valence-corrected chi connectivity index (χ0v) is 18.5. The number of hydrogen-bond acceptors (Lipinski definition) is 2. The molecule has 0 saturated heterocycles. The van der Waals surface area contributed by atoms with Crippen LogP contribution in [-0.4, -0.2) is 16.7 Å². The van der Waals surface area contributed by atoms with Crippen LogP contribution in [0.5, 0.6) is 0 Å². The van der Waals surface area contributed by atoms with Crippen LogP contribution >= 0.6 is 15.9 Å². The number of benzene rings is 3. The summed E-state index contributed by atoms with van der Waals surface area (Å²) >= 11 is 3.40. The minimum atomic E-state index is -0.250. The maximum atomic E-state index is 12.4. The summed E-state index contributed by atoms with van der Waals surface area (Å²) in [6, 6.07) is 24.0. The van der Waals surface area contributed by atoms with Gasteiger partial charge in [-0.2, -0.15) is 5.10 Å². The Bertz CT molecular complexity index is 1260. The normalized spacial score (nSPS) is 11.3. The topological polar surface area (TPSA) is 46.4 Å². The molecule has 1 N–H and O–H groups in total. The summed E-state index contributed by atoms with van der Waals surface area (Å²) in [7, 11) is 0. The van der Waals surface area contributed by atoms with Gasteiger partial charge < -0.3 is 4.57 Å². The van der Waals surface area contributed by atoms with Gasteiger partial charge >= 0.3 is 0 Å². The SMILES string of the molecule is Cc1ccccc1Cn1c(C)c(/C=N/NC(=O)c2ccccc2Br)c2ccccc21. The average Bonchev–Trinajstić information content (AvgIpc) is 3.01. The van der Waals surface area contributed by atoms with E-state index in [2.05, 4.69) is 81.3 Å². The van der Waals surface area contributed by atoms with Gasteiger partial charge in [-0.15, -0.1) is 0 Å². The molecule has 1 heterocycles. The van der Waals surface area contributed by atoms with Gasteiger partial charge in [0.1, 0.15) is 0 Å². The molecule has 0 aliphatic heterocycles. The number of carbonyl (C=O) groups is 1. The Balaban J connectivity index is 1.65. The number of hydrogen-bond donors (Lipinski definition) is 1. The molecule has 4 rings (SSSR count). The van der Waals surface area contributed by atoms with E-state index >= 15 is 0 Å². The van der Waals surface area contributed by atoms with Crippen molar-refractivity contribution in [2.24, 2.45) is 5.10 Å². The van der Waals surface area contributed by atoms with Gasteiger partial charge in [-0.05, 0) is 59.1 Å². The Morgan fingerprint density at radius 1 is 1.00 bits per heavy atom. The lowest BCUT2D eigenvalue weighted by atomic mass is 10.1. The zero-order valence-electron chi connectivity index (χ0n) is 16.9. The largest absolute Gasteiger partial charge is 0.340 e. The predicted molar refractivity (Wildman–Crippen MR) is 126 cm³/mol. The van der Waals surface area contributed by atoms with E-state index in [-0.39, 0.29) is 5.91 Å². The zero-order chi connectivity index (χ0) is 21.1. The van der Waals surface area contributed by atoms with Crippen molar-refractivity contribution < 1.29 is 4.79 Å². The number of aromatic nitrogens is 1. The van der Waals surface area contributed by atoms with Crippen molar-refractivity contribution in [3.05, 3.63) is 105 Å². The fourth-order valence-corrected chi connectivity index (χ4v) is 4.11. The molecule has 0 spiro atoms. The first-order valence-electron chi connectivity index (χ1n) is 9.76. The van der Waals surface area contributed by atoms with E-state index in [0.717, 1.165) is 33.2 Å². The second-order valence-electron chi connectivity index (χ2n) is 7.21. The molecule has 150 valence electrons. The molecule has 0 aliphatic carbocycles. The lowest BCUT2D eigenvalue weighted by Crippen LogP contribution is -2.18. The van der Waals surface area contributed by atoms with Gasteiger partial charge in [0.25, 0.3) is 5.91 Å². The first kappa shape index (κ1) is 20.1. The standard InChI is InChI=1S/C25H22BrN3O/c1-17-9-3-4-10-19(17)16-29-18(2)22(20-11-6-8-14-24(20)29)15-27-28-25(30)21-12-5-7-13-23(21)26/h3-15H,16H2,1-2H3,(H,28,30)/b27-15+. The highest BCUT2D eigenvalue weighted by atomic mass is 79.9. The van der Waals surface area contributed by atoms with Crippen LogP contribution in [0, 0.1) is 13.8 Å². The van der Waals surface area contributed by atoms with E-state index in [9.17, 15) is 4.79 Å². The smallest absolute Gasteiger partial charge is 0.272 e. The summed E-state index contributed by atoms with van der Waals surface area (Å²) < 4.78 is 3.04. The van der Waals surface area contributed by atoms with Crippen LogP contribution in [0.3, 0.4) is 0 Å². The molecule has 3 aromatic carbocycles. The van der Waals surface area contributed by atoms with E-state index in [4.69, 9.17) is 0 Å². The second kappa shape index (κ2) is 8.67. The number of hydrazone groups is 1. The third-order valence-corrected chi connectivity index (χ3v) is 6.04. The molecule has 30 heavy (non-hydrogen) atoms. The maximum Gasteiger partial charge on any atom is 0.272 e. The molecular weight excluding hydrogens is 438 g/mol. The number of rotatable bonds is 5. The summed E-state index contributed by atoms with van der Waals surface area (Å²) in [6.45, 7) is 5.02. The van der Waals surface area contributed by atoms with Crippen LogP contribution in [0.4, 0.5) is 0 Å². The number of amides is 1. The molecular formula is C25H22BrN3O. The van der Waals surface area contributed by atoms with Gasteiger partial charge in [0.15, 0.2) is 0 Å². The summed E-state index contributed by atoms with van der Waals surface area (Å²) in [6.07, 6.45) is 1.74. The van der Waals surface area contributed by atoms with Crippen LogP contribution in [0.2, 0.25) is 0 Å². The van der Waals surface area contributed by atoms with Crippen LogP contribution in [0.15, 0.2) is 82.4 Å². The van der Waals surface area contributed by atoms with Crippen molar-refractivity contribution in [3.63, 3.8) is 0 Å². The molecule has 0 atom stereocenters. The predicted octanol–water partition coefficient (Wildman–Crippen LogP) is 5.83. The van der Waals surface area contributed by atoms with Crippen LogP contribution < -0.4 is 5.43 Å². The fraction of sp³-hybridized carbons (Fsp3) is 0.120. The molecule has 1 aromatic heterocycles. The number of halogens is 1. The molecule has 0 aliphatic rings. The Kier molecular flexibility index (Phi) is 5.81. The van der Waals surface area contributed by atoms with Gasteiger partial charge in [0.2, 0.25) is 0 Å². The van der Waals surface area contributed by atoms with E-state index in [1.807, 2.05) is 30.3 Å². The Morgan fingerprint density at radius 2 is 1.70 bits per heavy atom. The Hall–Kier alpha value is -3.18. The van der Waals surface area contributed by atoms with Crippen molar-refractivity contribution in [2.75, 3.05) is 0 Å². The lowest BCUT2D eigenvalue weighted by Gasteiger charge is -2.11. The highest BCUT2D eigenvalue weighted by Gasteiger charge is 2.14. The summed E-state index contributed by atoms with van der Waals surface area (Å²) in [4.78, 5) is 12.4. The number of para-hydroxylation sites is 1. The number of nitrogens with one attached hydrogen (secondary N) is 1. The van der Waals surface area contributed by atoms with Gasteiger partial charge in [0.05, 0.1) is 11.8 Å². The van der Waals surface area contributed by atoms with Crippen molar-refractivity contribution in [1.82, 2.24) is 9.99 Å². The minimum absolute atomic E-state index is 0.250. The van der Waals surface area contributed by atoms with Gasteiger partial charge in [-0.25, -0.2) is 5.43 Å². The number of carbonyl (C=O) groups excluding carboxylic acids is 1. The third kappa shape index (κ3) is 3.94. The molecule has 4 nitrogen and oxygen atoms in total. The number of aryl methyl sites for hydroxylation is 1. The van der Waals surface area contributed by atoms with Crippen LogP contribution in [-0.2, 0) is 6.54 Å². The summed E-state index contributed by atoms with van der Waals surface area (Å²) in [5.74, 6) is -0.250. The molecule has 0 bridgehead atoms. The van der Waals surface area contributed by atoms with Gasteiger partial charge in [-0.3, -0.25) is 4.79 Å². The van der Waals surface area contributed by atoms with E-state index in [1.54, 1.807) is 12.3 Å². The molecule has 0 unspecified atom stereocenters. The van der Waals surface area contributed by atoms with Crippen LogP contribution in [0.25, 0.3) is 10.9 Å². The van der Waals surface area contributed by atoms with Crippen LogP contribution in [0.1, 0.15) is 32.7 Å². The number of nitrogens with zero attached hydrogens (tertiary/aromatic N) is 2. The van der Waals surface area contributed by atoms with E-state index < -0.39 is 0 Å². The van der Waals surface area contributed by atoms with Crippen molar-refractivity contribution in [3.8, 4) is 0 Å². The minimum Gasteiger partial charge on any atom is -0.340 e. The Morgan fingerprint density at radius 3 is 2.50 bits per heavy atom. The van der Waals surface area contributed by atoms with Crippen molar-refractivity contribution in [2.45, 2.75) is 20.4 Å². The molecule has 4 aromatic rings. The maximum absolute atomic E-state index is 12.4. The van der Waals surface area contributed by atoms with E-state index in [1.165, 1.54) is 11.1 Å². The average molecular weight is 460 g/mol. The van der Waals surface area contributed by atoms with Gasteiger partial charge in [-0.1, -0.05) is 54.6 Å². The summed E-state index contributed by atoms with van der Waals surface area (Å²) in [5.41, 5.74) is 9.01. The lowest BCUT2D eigenvalue weighted by molar-refractivity contribution is 0.0954. The van der Waals surface area contributed by atoms with Crippen molar-refractivity contribution in [1.29, 1.82) is 0 Å². The van der Waals surface area contributed by atoms with Gasteiger partial charge in [0, 0.05) is 33.2 Å². The highest BCUT2D eigenvalue weighted by Crippen LogP contribution is 2.26. The van der Waals surface area contributed by atoms with Crippen molar-refractivity contribution >= 4 is 39.0 Å². The first-order chi connectivity index (χ1) is 14.6. The van der Waals surface area contributed by atoms with E-state index in [0.29, 0.717) is 5.56 Å². The number of fused-ring (bicyclic) bond motifs is 1. The first-order valence-corrected chi connectivity index (χ1v) is 10.6. The fourth-order valence-electron chi connectivity index (χ4n) is 3.64. The third-order valence-electron chi connectivity index (χ3n) is 5.35. The molecule has 0 radical (unpaired) electrons. The quantitative estimate of drug-likeness (QED) is 0.296. The summed E-state index contributed by atoms with van der Waals surface area (Å²) in [5, 5.41) is 5.36. The molecule has 0 saturated carbocycles. The monoisotopic (exact) mass is 459 g/mol. The molecule has 0 fully saturated rings.